The van der Waals surface area contributed by atoms with Gasteiger partial charge in [0, 0.05) is 24.0 Å². The first-order valence-electron chi connectivity index (χ1n) is 12.1. The van der Waals surface area contributed by atoms with Gasteiger partial charge in [-0.3, -0.25) is 9.59 Å². The van der Waals surface area contributed by atoms with Gasteiger partial charge in [-0.15, -0.1) is 0 Å². The van der Waals surface area contributed by atoms with E-state index in [0.29, 0.717) is 28.0 Å². The number of halogens is 2. The minimum atomic E-state index is -0.764. The largest absolute Gasteiger partial charge is 0.497 e. The molecule has 0 aliphatic rings. The molecule has 3 aromatic rings. The molecule has 8 heteroatoms. The third-order valence-electron chi connectivity index (χ3n) is 6.00. The Hall–Kier alpha value is -3.22. The number of ether oxygens (including phenoxy) is 2. The number of amides is 2. The van der Waals surface area contributed by atoms with E-state index >= 15 is 0 Å². The van der Waals surface area contributed by atoms with Crippen molar-refractivity contribution in [2.75, 3.05) is 13.7 Å². The van der Waals surface area contributed by atoms with Crippen LogP contribution in [0.5, 0.6) is 11.5 Å². The quantitative estimate of drug-likeness (QED) is 0.307. The molecule has 2 atom stereocenters. The summed E-state index contributed by atoms with van der Waals surface area (Å²) in [5.41, 5.74) is 1.77. The molecular weight excluding hydrogens is 511 g/mol. The van der Waals surface area contributed by atoms with Gasteiger partial charge in [-0.1, -0.05) is 72.6 Å². The number of carbonyl (C=O) groups is 2. The highest BCUT2D eigenvalue weighted by Gasteiger charge is 2.31. The average Bonchev–Trinajstić information content (AvgIpc) is 2.90. The molecule has 196 valence electrons. The Bertz CT molecular complexity index is 1190. The lowest BCUT2D eigenvalue weighted by molar-refractivity contribution is -0.143. The summed E-state index contributed by atoms with van der Waals surface area (Å²) in [7, 11) is 1.59. The van der Waals surface area contributed by atoms with Crippen molar-refractivity contribution < 1.29 is 19.1 Å². The van der Waals surface area contributed by atoms with E-state index in [1.54, 1.807) is 30.2 Å². The van der Waals surface area contributed by atoms with Crippen molar-refractivity contribution in [3.05, 3.63) is 94.0 Å². The summed E-state index contributed by atoms with van der Waals surface area (Å²) in [6, 6.07) is 21.1. The van der Waals surface area contributed by atoms with E-state index in [1.165, 1.54) is 0 Å². The lowest BCUT2D eigenvalue weighted by Gasteiger charge is -2.32. The molecule has 3 rings (SSSR count). The van der Waals surface area contributed by atoms with E-state index in [9.17, 15) is 9.59 Å². The monoisotopic (exact) mass is 542 g/mol. The third kappa shape index (κ3) is 8.41. The summed E-state index contributed by atoms with van der Waals surface area (Å²) < 4.78 is 11.1. The fourth-order valence-electron chi connectivity index (χ4n) is 3.78. The maximum Gasteiger partial charge on any atom is 0.261 e. The molecule has 3 aromatic carbocycles. The predicted molar refractivity (Wildman–Crippen MR) is 147 cm³/mol. The highest BCUT2D eigenvalue weighted by molar-refractivity contribution is 6.35. The molecule has 0 spiro atoms. The van der Waals surface area contributed by atoms with Crippen LogP contribution in [0.4, 0.5) is 0 Å². The zero-order chi connectivity index (χ0) is 26.8. The lowest BCUT2D eigenvalue weighted by Crippen LogP contribution is -2.53. The minimum Gasteiger partial charge on any atom is -0.497 e. The van der Waals surface area contributed by atoms with E-state index < -0.39 is 6.04 Å². The molecule has 37 heavy (non-hydrogen) atoms. The van der Waals surface area contributed by atoms with Crippen LogP contribution in [0.3, 0.4) is 0 Å². The Morgan fingerprint density at radius 2 is 1.70 bits per heavy atom. The fraction of sp³-hybridized carbons (Fsp3) is 0.310. The highest BCUT2D eigenvalue weighted by atomic mass is 35.5. The van der Waals surface area contributed by atoms with E-state index in [-0.39, 0.29) is 31.0 Å². The molecule has 0 heterocycles. The summed E-state index contributed by atoms with van der Waals surface area (Å²) >= 11 is 12.2. The van der Waals surface area contributed by atoms with Crippen molar-refractivity contribution in [3.8, 4) is 11.5 Å². The maximum atomic E-state index is 13.7. The van der Waals surface area contributed by atoms with Crippen LogP contribution in [0.2, 0.25) is 10.0 Å². The molecule has 1 N–H and O–H groups in total. The SMILES string of the molecule is CC[C@H](C)NC(=O)[C@H](Cc1ccccc1)N(Cc1cccc(OC)c1)C(=O)COc1ccc(Cl)cc1Cl. The zero-order valence-electron chi connectivity index (χ0n) is 21.2. The van der Waals surface area contributed by atoms with Crippen LogP contribution in [-0.4, -0.2) is 42.5 Å². The number of carbonyl (C=O) groups excluding carboxylic acids is 2. The van der Waals surface area contributed by atoms with E-state index in [4.69, 9.17) is 32.7 Å². The van der Waals surface area contributed by atoms with Gasteiger partial charge in [0.2, 0.25) is 5.91 Å². The van der Waals surface area contributed by atoms with Gasteiger partial charge < -0.3 is 19.7 Å². The zero-order valence-corrected chi connectivity index (χ0v) is 22.8. The Kier molecular flexibility index (Phi) is 10.7. The molecule has 0 bridgehead atoms. The van der Waals surface area contributed by atoms with Crippen molar-refractivity contribution in [3.63, 3.8) is 0 Å². The first-order chi connectivity index (χ1) is 17.8. The molecule has 0 saturated carbocycles. The van der Waals surface area contributed by atoms with Crippen molar-refractivity contribution in [1.82, 2.24) is 10.2 Å². The van der Waals surface area contributed by atoms with Gasteiger partial charge in [-0.05, 0) is 54.8 Å². The van der Waals surface area contributed by atoms with Gasteiger partial charge in [-0.25, -0.2) is 0 Å². The fourth-order valence-corrected chi connectivity index (χ4v) is 4.24. The molecule has 0 unspecified atom stereocenters. The number of hydrogen-bond acceptors (Lipinski definition) is 4. The van der Waals surface area contributed by atoms with E-state index in [0.717, 1.165) is 17.5 Å². The van der Waals surface area contributed by atoms with E-state index in [2.05, 4.69) is 5.32 Å². The second-order valence-electron chi connectivity index (χ2n) is 8.76. The van der Waals surface area contributed by atoms with Crippen LogP contribution >= 0.6 is 23.2 Å². The van der Waals surface area contributed by atoms with Crippen LogP contribution in [0, 0.1) is 0 Å². The Balaban J connectivity index is 1.94. The molecule has 6 nitrogen and oxygen atoms in total. The first-order valence-corrected chi connectivity index (χ1v) is 12.9. The van der Waals surface area contributed by atoms with E-state index in [1.807, 2.05) is 68.4 Å². The predicted octanol–water partition coefficient (Wildman–Crippen LogP) is 5.94. The summed E-state index contributed by atoms with van der Waals surface area (Å²) in [4.78, 5) is 28.8. The van der Waals surface area contributed by atoms with Crippen LogP contribution < -0.4 is 14.8 Å². The second-order valence-corrected chi connectivity index (χ2v) is 9.60. The van der Waals surface area contributed by atoms with Crippen molar-refractivity contribution in [2.24, 2.45) is 0 Å². The summed E-state index contributed by atoms with van der Waals surface area (Å²) in [5, 5.41) is 3.82. The van der Waals surface area contributed by atoms with Crippen LogP contribution in [0.25, 0.3) is 0 Å². The second kappa shape index (κ2) is 13.9. The number of nitrogens with one attached hydrogen (secondary N) is 1. The Morgan fingerprint density at radius 3 is 2.38 bits per heavy atom. The molecule has 0 fully saturated rings. The van der Waals surface area contributed by atoms with Crippen molar-refractivity contribution >= 4 is 35.0 Å². The summed E-state index contributed by atoms with van der Waals surface area (Å²) in [5.74, 6) is 0.426. The Morgan fingerprint density at radius 1 is 0.973 bits per heavy atom. The van der Waals surface area contributed by atoms with Gasteiger partial charge >= 0.3 is 0 Å². The van der Waals surface area contributed by atoms with Gasteiger partial charge in [0.05, 0.1) is 12.1 Å². The van der Waals surface area contributed by atoms with Gasteiger partial charge in [-0.2, -0.15) is 0 Å². The number of hydrogen-bond donors (Lipinski definition) is 1. The number of rotatable bonds is 12. The maximum absolute atomic E-state index is 13.7. The van der Waals surface area contributed by atoms with Gasteiger partial charge in [0.1, 0.15) is 17.5 Å². The number of nitrogens with zero attached hydrogens (tertiary/aromatic N) is 1. The smallest absolute Gasteiger partial charge is 0.261 e. The summed E-state index contributed by atoms with van der Waals surface area (Å²) in [6.07, 6.45) is 1.12. The van der Waals surface area contributed by atoms with Gasteiger partial charge in [0.15, 0.2) is 6.61 Å². The van der Waals surface area contributed by atoms with Crippen molar-refractivity contribution in [1.29, 1.82) is 0 Å². The van der Waals surface area contributed by atoms with Crippen LogP contribution in [-0.2, 0) is 22.6 Å². The molecule has 0 radical (unpaired) electrons. The lowest BCUT2D eigenvalue weighted by atomic mass is 10.0. The van der Waals surface area contributed by atoms with Crippen molar-refractivity contribution in [2.45, 2.75) is 45.3 Å². The first kappa shape index (κ1) is 28.4. The topological polar surface area (TPSA) is 67.9 Å². The molecular formula is C29H32Cl2N2O4. The Labute approximate surface area is 228 Å². The van der Waals surface area contributed by atoms with Gasteiger partial charge in [0.25, 0.3) is 5.91 Å². The van der Waals surface area contributed by atoms with Crippen LogP contribution in [0.1, 0.15) is 31.4 Å². The summed E-state index contributed by atoms with van der Waals surface area (Å²) in [6.45, 7) is 3.84. The number of methoxy groups -OCH3 is 1. The minimum absolute atomic E-state index is 0.0383. The molecule has 0 aliphatic carbocycles. The average molecular weight is 543 g/mol. The van der Waals surface area contributed by atoms with Crippen LogP contribution in [0.15, 0.2) is 72.8 Å². The normalized spacial score (nSPS) is 12.4. The molecule has 0 aromatic heterocycles. The number of benzene rings is 3. The molecule has 0 aliphatic heterocycles. The standard InChI is InChI=1S/C29H32Cl2N2O4/c1-4-20(2)32-29(35)26(16-21-9-6-5-7-10-21)33(18-22-11-8-12-24(15-22)36-3)28(34)19-37-27-14-13-23(30)17-25(27)31/h5-15,17,20,26H,4,16,18-19H2,1-3H3,(H,32,35)/t20-,26-/m0/s1. The third-order valence-corrected chi connectivity index (χ3v) is 6.53. The molecule has 0 saturated heterocycles. The molecule has 2 amide bonds. The highest BCUT2D eigenvalue weighted by Crippen LogP contribution is 2.28.